The first kappa shape index (κ1) is 32.4. The molecule has 75 heavy (non-hydrogen) atoms. The molecule has 5 nitrogen and oxygen atoms in total. The minimum atomic E-state index is -2.81. The van der Waals surface area contributed by atoms with Crippen LogP contribution in [0, 0.1) is 20.0 Å². The molecule has 0 aliphatic carbocycles. The number of para-hydroxylation sites is 1. The molecule has 0 radical (unpaired) electrons. The lowest BCUT2D eigenvalue weighted by molar-refractivity contribution is -0.571. The second-order valence-electron chi connectivity index (χ2n) is 20.8. The summed E-state index contributed by atoms with van der Waals surface area (Å²) < 4.78 is 152. The van der Waals surface area contributed by atoms with Crippen LogP contribution >= 0.6 is 0 Å². The second-order valence-corrected chi connectivity index (χ2v) is 20.8. The Balaban J connectivity index is 1.06. The van der Waals surface area contributed by atoms with E-state index in [0.717, 1.165) is 33.0 Å². The highest BCUT2D eigenvalue weighted by atomic mass is 16.5. The fourth-order valence-electron chi connectivity index (χ4n) is 9.87. The first-order valence-electron chi connectivity index (χ1n) is 32.7. The largest absolute Gasteiger partial charge is 0.458 e. The molecule has 5 heteroatoms. The van der Waals surface area contributed by atoms with Crippen LogP contribution in [0.25, 0.3) is 94.5 Å². The third-order valence-electron chi connectivity index (χ3n) is 13.7. The lowest BCUT2D eigenvalue weighted by Crippen LogP contribution is -2.31. The van der Waals surface area contributed by atoms with Crippen molar-refractivity contribution in [1.82, 2.24) is 14.1 Å². The van der Waals surface area contributed by atoms with E-state index in [9.17, 15) is 2.74 Å². The van der Waals surface area contributed by atoms with Gasteiger partial charge in [0, 0.05) is 36.8 Å². The van der Waals surface area contributed by atoms with Crippen LogP contribution in [0.15, 0.2) is 218 Å². The molecular formula is C70H60N4O. The summed E-state index contributed by atoms with van der Waals surface area (Å²) >= 11 is 0. The standard InChI is InChI=1S/C70H60N4O/c1-46-37-60(49-19-11-9-12-20-49)68(61(38-46)52-23-17-24-54(40-52)70(6,7)8)73-45-72(66-41-51(31-36-64(66)73)48-29-32-53(33-30-48)69(3,4)5)55-25-18-26-56(42-55)75-57-34-35-59-58-27-15-16-28-63(58)74(65(59)43-57)67-39-47(2)62(44-71-67)50-21-13-10-14-22-50/h9-44H,1-8H3/i1D3,2D3,9D,10D,11D,12D,13D,14D,19D,20D,21D,22D. The Morgan fingerprint density at radius 1 is 0.520 bits per heavy atom. The number of fused-ring (bicyclic) bond motifs is 4. The van der Waals surface area contributed by atoms with Crippen molar-refractivity contribution in [2.24, 2.45) is 0 Å². The van der Waals surface area contributed by atoms with Gasteiger partial charge in [0.15, 0.2) is 0 Å². The molecule has 0 spiro atoms. The fourth-order valence-corrected chi connectivity index (χ4v) is 9.87. The topological polar surface area (TPSA) is 35.9 Å². The number of imidazole rings is 1. The van der Waals surface area contributed by atoms with Gasteiger partial charge in [-0.1, -0.05) is 205 Å². The van der Waals surface area contributed by atoms with Crippen LogP contribution in [-0.4, -0.2) is 14.1 Å². The van der Waals surface area contributed by atoms with Gasteiger partial charge in [-0.3, -0.25) is 13.7 Å². The molecule has 9 aromatic carbocycles. The van der Waals surface area contributed by atoms with Gasteiger partial charge in [-0.2, -0.15) is 0 Å². The zero-order valence-corrected chi connectivity index (χ0v) is 42.2. The van der Waals surface area contributed by atoms with Gasteiger partial charge in [-0.25, -0.2) is 4.98 Å². The lowest BCUT2D eigenvalue weighted by Gasteiger charge is -2.22. The predicted octanol–water partition coefficient (Wildman–Crippen LogP) is 17.9. The normalized spacial score (nSPS) is 15.4. The van der Waals surface area contributed by atoms with Gasteiger partial charge in [0.05, 0.1) is 47.1 Å². The van der Waals surface area contributed by atoms with Crippen molar-refractivity contribution in [3.63, 3.8) is 0 Å². The summed E-state index contributed by atoms with van der Waals surface area (Å²) in [7, 11) is 0. The van der Waals surface area contributed by atoms with Crippen molar-refractivity contribution >= 4 is 32.8 Å². The minimum absolute atomic E-state index is 0.0728. The van der Waals surface area contributed by atoms with E-state index in [4.69, 9.17) is 28.9 Å². The van der Waals surface area contributed by atoms with Crippen LogP contribution in [-0.2, 0) is 10.8 Å². The van der Waals surface area contributed by atoms with Crippen molar-refractivity contribution < 1.29 is 31.2 Å². The van der Waals surface area contributed by atoms with Gasteiger partial charge < -0.3 is 4.74 Å². The number of rotatable bonds is 9. The Kier molecular flexibility index (Phi) is 8.03. The van der Waals surface area contributed by atoms with E-state index >= 15 is 0 Å². The van der Waals surface area contributed by atoms with Crippen molar-refractivity contribution in [1.29, 1.82) is 0 Å². The van der Waals surface area contributed by atoms with Gasteiger partial charge in [-0.05, 0) is 129 Å². The summed E-state index contributed by atoms with van der Waals surface area (Å²) in [4.78, 5) is 4.74. The highest BCUT2D eigenvalue weighted by molar-refractivity contribution is 6.09. The zero-order valence-electron chi connectivity index (χ0n) is 58.2. The molecule has 12 rings (SSSR count). The summed E-state index contributed by atoms with van der Waals surface area (Å²) in [6.07, 6.45) is 4.86. The van der Waals surface area contributed by atoms with Crippen LogP contribution in [0.2, 0.25) is 0 Å². The molecule has 3 aromatic heterocycles. The molecule has 366 valence electrons. The SMILES string of the molecule is [2H]c1c([2H])c([2H])c(-c2cnc(-n3c4ccccc4c4ccc(Oc5cccc(-n6[c-][n+](-c7c(-c8cccc(C(C)(C)C)c8)cc(C([2H])([2H])[2H])cc7-c7c([2H])c([2H])c([2H])c([2H])c7[2H])c7ccc(-c8ccc(C(C)(C)C)cc8)cc76)c5)cc43)cc2C([2H])([2H])[2H])c([2H])c1[2H]. The smallest absolute Gasteiger partial charge is 0.269 e. The van der Waals surface area contributed by atoms with Gasteiger partial charge in [0.1, 0.15) is 17.3 Å². The molecule has 0 saturated carbocycles. The number of hydrogen-bond donors (Lipinski definition) is 0. The Morgan fingerprint density at radius 2 is 1.20 bits per heavy atom. The van der Waals surface area contributed by atoms with Crippen LogP contribution in [0.4, 0.5) is 0 Å². The van der Waals surface area contributed by atoms with Gasteiger partial charge in [0.2, 0.25) is 0 Å². The van der Waals surface area contributed by atoms with Crippen LogP contribution in [0.3, 0.4) is 0 Å². The van der Waals surface area contributed by atoms with Crippen molar-refractivity contribution in [3.05, 3.63) is 247 Å². The quantitative estimate of drug-likeness (QED) is 0.107. The number of pyridine rings is 1. The number of nitrogens with zero attached hydrogens (tertiary/aromatic N) is 4. The van der Waals surface area contributed by atoms with E-state index in [-0.39, 0.29) is 50.0 Å². The zero-order chi connectivity index (χ0) is 65.3. The van der Waals surface area contributed by atoms with E-state index in [1.165, 1.54) is 18.3 Å². The predicted molar refractivity (Wildman–Crippen MR) is 311 cm³/mol. The Hall–Kier alpha value is -8.80. The maximum atomic E-state index is 9.37. The number of aromatic nitrogens is 4. The molecule has 0 N–H and O–H groups in total. The third kappa shape index (κ3) is 8.89. The second kappa shape index (κ2) is 18.6. The van der Waals surface area contributed by atoms with Crippen LogP contribution in [0.1, 0.15) is 85.7 Å². The van der Waals surface area contributed by atoms with Gasteiger partial charge >= 0.3 is 0 Å². The van der Waals surface area contributed by atoms with Crippen molar-refractivity contribution in [2.75, 3.05) is 0 Å². The number of ether oxygens (including phenoxy) is 1. The van der Waals surface area contributed by atoms with Gasteiger partial charge in [0.25, 0.3) is 6.33 Å². The van der Waals surface area contributed by atoms with Crippen LogP contribution in [0.5, 0.6) is 11.5 Å². The molecule has 3 heterocycles. The van der Waals surface area contributed by atoms with E-state index in [0.29, 0.717) is 56.1 Å². The Labute approximate surface area is 463 Å². The summed E-state index contributed by atoms with van der Waals surface area (Å²) in [5.41, 5.74) is 6.89. The lowest BCUT2D eigenvalue weighted by atomic mass is 9.84. The molecule has 12 aromatic rings. The summed E-state index contributed by atoms with van der Waals surface area (Å²) in [6.45, 7) is 7.15. The molecule has 0 aliphatic rings. The minimum Gasteiger partial charge on any atom is -0.458 e. The highest BCUT2D eigenvalue weighted by Gasteiger charge is 2.24. The summed E-state index contributed by atoms with van der Waals surface area (Å²) in [6, 6.07) is 41.0. The van der Waals surface area contributed by atoms with Crippen molar-refractivity contribution in [2.45, 2.75) is 66.1 Å². The molecule has 0 saturated heterocycles. The average molecular weight is 989 g/mol. The molecule has 0 atom stereocenters. The van der Waals surface area contributed by atoms with E-state index in [1.807, 2.05) is 108 Å². The highest BCUT2D eigenvalue weighted by Crippen LogP contribution is 2.40. The van der Waals surface area contributed by atoms with E-state index in [1.54, 1.807) is 21.3 Å². The average Bonchev–Trinajstić information content (AvgIpc) is 1.73. The summed E-state index contributed by atoms with van der Waals surface area (Å²) in [5.74, 6) is 0.966. The molecule has 0 bridgehead atoms. The molecular weight excluding hydrogens is 913 g/mol. The summed E-state index contributed by atoms with van der Waals surface area (Å²) in [5, 5.41) is 1.60. The van der Waals surface area contributed by atoms with Crippen LogP contribution < -0.4 is 9.30 Å². The molecule has 0 aliphatic heterocycles. The first-order chi connectivity index (χ1) is 42.8. The maximum absolute atomic E-state index is 9.37. The number of aryl methyl sites for hydroxylation is 2. The van der Waals surface area contributed by atoms with E-state index < -0.39 is 74.1 Å². The van der Waals surface area contributed by atoms with Crippen molar-refractivity contribution in [3.8, 4) is 73.2 Å². The molecule has 0 unspecified atom stereocenters. The van der Waals surface area contributed by atoms with Gasteiger partial charge in [-0.15, -0.1) is 0 Å². The fraction of sp³-hybridized carbons (Fsp3) is 0.143. The molecule has 0 fully saturated rings. The maximum Gasteiger partial charge on any atom is 0.269 e. The van der Waals surface area contributed by atoms with E-state index in [2.05, 4.69) is 72.1 Å². The number of hydrogen-bond acceptors (Lipinski definition) is 2. The molecule has 0 amide bonds. The Bertz CT molecular complexity index is 4910. The first-order valence-corrected chi connectivity index (χ1v) is 24.7. The number of benzene rings is 9. The third-order valence-corrected chi connectivity index (χ3v) is 13.7. The Morgan fingerprint density at radius 3 is 1.93 bits per heavy atom. The monoisotopic (exact) mass is 989 g/mol.